The fourth-order valence-corrected chi connectivity index (χ4v) is 4.74. The Kier molecular flexibility index (Phi) is 5.91. The number of hydrogen-bond acceptors (Lipinski definition) is 7. The molecule has 0 aliphatic carbocycles. The summed E-state index contributed by atoms with van der Waals surface area (Å²) in [6.45, 7) is 2.78. The summed E-state index contributed by atoms with van der Waals surface area (Å²) < 4.78 is 37.9. The Morgan fingerprint density at radius 1 is 1.24 bits per heavy atom. The van der Waals surface area contributed by atoms with Crippen LogP contribution in [0.3, 0.4) is 0 Å². The van der Waals surface area contributed by atoms with E-state index >= 15 is 0 Å². The number of aryl methyl sites for hydroxylation is 1. The number of sulfonamides is 1. The second kappa shape index (κ2) is 8.68. The quantitative estimate of drug-likeness (QED) is 0.566. The summed E-state index contributed by atoms with van der Waals surface area (Å²) in [4.78, 5) is 24.4. The smallest absolute Gasteiger partial charge is 0.265 e. The van der Waals surface area contributed by atoms with Gasteiger partial charge in [0.2, 0.25) is 15.9 Å². The van der Waals surface area contributed by atoms with Gasteiger partial charge in [-0.2, -0.15) is 4.31 Å². The summed E-state index contributed by atoms with van der Waals surface area (Å²) in [7, 11) is -2.69. The Labute approximate surface area is 190 Å². The summed E-state index contributed by atoms with van der Waals surface area (Å²) >= 11 is 0. The zero-order valence-corrected chi connectivity index (χ0v) is 19.0. The number of anilines is 2. The van der Waals surface area contributed by atoms with Gasteiger partial charge in [-0.15, -0.1) is 0 Å². The number of ether oxygens (including phenoxy) is 1. The first-order valence-electron chi connectivity index (χ1n) is 10.0. The Balaban J connectivity index is 1.50. The summed E-state index contributed by atoms with van der Waals surface area (Å²) in [5, 5.41) is 9.04. The van der Waals surface area contributed by atoms with E-state index in [1.807, 2.05) is 0 Å². The molecule has 2 aromatic carbocycles. The Morgan fingerprint density at radius 2 is 2.03 bits per heavy atom. The van der Waals surface area contributed by atoms with Crippen LogP contribution in [0.5, 0.6) is 5.75 Å². The van der Waals surface area contributed by atoms with Crippen molar-refractivity contribution >= 4 is 33.2 Å². The zero-order chi connectivity index (χ0) is 23.8. The van der Waals surface area contributed by atoms with Gasteiger partial charge in [0, 0.05) is 30.4 Å². The molecule has 1 atom stereocenters. The molecule has 1 aliphatic heterocycles. The molecule has 0 saturated carbocycles. The number of amides is 2. The SMILES string of the molecule is Cc1cc2c(cc1S(=O)(=O)N(C)CC(=O)Nc1cccc(-c3ccno3)c1)OC(C)C(=O)N2. The number of rotatable bonds is 6. The topological polar surface area (TPSA) is 131 Å². The van der Waals surface area contributed by atoms with Crippen LogP contribution in [0.15, 0.2) is 58.1 Å². The highest BCUT2D eigenvalue weighted by Gasteiger charge is 2.30. The van der Waals surface area contributed by atoms with Gasteiger partial charge in [0.05, 0.1) is 23.3 Å². The van der Waals surface area contributed by atoms with Crippen molar-refractivity contribution in [1.82, 2.24) is 9.46 Å². The molecule has 2 heterocycles. The van der Waals surface area contributed by atoms with Gasteiger partial charge in [-0.1, -0.05) is 17.3 Å². The van der Waals surface area contributed by atoms with Gasteiger partial charge < -0.3 is 19.9 Å². The van der Waals surface area contributed by atoms with Crippen LogP contribution in [0.2, 0.25) is 0 Å². The number of carbonyl (C=O) groups is 2. The van der Waals surface area contributed by atoms with Gasteiger partial charge in [0.25, 0.3) is 5.91 Å². The van der Waals surface area contributed by atoms with Crippen molar-refractivity contribution in [2.75, 3.05) is 24.2 Å². The van der Waals surface area contributed by atoms with Crippen molar-refractivity contribution < 1.29 is 27.3 Å². The number of nitrogens with one attached hydrogen (secondary N) is 2. The zero-order valence-electron chi connectivity index (χ0n) is 18.2. The fourth-order valence-electron chi connectivity index (χ4n) is 3.39. The van der Waals surface area contributed by atoms with Crippen molar-refractivity contribution in [3.05, 3.63) is 54.2 Å². The standard InChI is InChI=1S/C22H22N4O6S/c1-13-9-17-19(31-14(2)22(28)25-17)11-20(13)33(29,30)26(3)12-21(27)24-16-6-4-5-15(10-16)18-7-8-23-32-18/h4-11,14H,12H2,1-3H3,(H,24,27)(H,25,28). The van der Waals surface area contributed by atoms with Crippen LogP contribution in [0.4, 0.5) is 11.4 Å². The minimum absolute atomic E-state index is 0.00721. The highest BCUT2D eigenvalue weighted by Crippen LogP contribution is 2.35. The van der Waals surface area contributed by atoms with Crippen LogP contribution in [-0.2, 0) is 19.6 Å². The lowest BCUT2D eigenvalue weighted by Crippen LogP contribution is -2.36. The van der Waals surface area contributed by atoms with E-state index in [1.165, 1.54) is 25.4 Å². The normalized spacial score (nSPS) is 15.5. The highest BCUT2D eigenvalue weighted by molar-refractivity contribution is 7.89. The molecule has 1 aliphatic rings. The predicted octanol–water partition coefficient (Wildman–Crippen LogP) is 2.63. The number of nitrogens with zero attached hydrogens (tertiary/aromatic N) is 2. The molecule has 0 saturated heterocycles. The lowest BCUT2D eigenvalue weighted by Gasteiger charge is -2.25. The molecule has 10 nitrogen and oxygen atoms in total. The van der Waals surface area contributed by atoms with Gasteiger partial charge in [-0.25, -0.2) is 8.42 Å². The van der Waals surface area contributed by atoms with Gasteiger partial charge in [-0.05, 0) is 37.6 Å². The third-order valence-corrected chi connectivity index (χ3v) is 7.08. The number of likely N-dealkylation sites (N-methyl/N-ethyl adjacent to an activating group) is 1. The van der Waals surface area contributed by atoms with Crippen LogP contribution in [0.1, 0.15) is 12.5 Å². The minimum atomic E-state index is -4.01. The van der Waals surface area contributed by atoms with E-state index in [1.54, 1.807) is 44.2 Å². The maximum atomic E-state index is 13.2. The van der Waals surface area contributed by atoms with E-state index in [4.69, 9.17) is 9.26 Å². The van der Waals surface area contributed by atoms with Crippen LogP contribution >= 0.6 is 0 Å². The number of aromatic nitrogens is 1. The molecule has 172 valence electrons. The fraction of sp³-hybridized carbons (Fsp3) is 0.227. The summed E-state index contributed by atoms with van der Waals surface area (Å²) in [5.74, 6) is -0.0167. The molecule has 1 unspecified atom stereocenters. The van der Waals surface area contributed by atoms with Crippen LogP contribution in [0.25, 0.3) is 11.3 Å². The van der Waals surface area contributed by atoms with Crippen molar-refractivity contribution in [2.24, 2.45) is 0 Å². The van der Waals surface area contributed by atoms with Crippen molar-refractivity contribution in [3.63, 3.8) is 0 Å². The van der Waals surface area contributed by atoms with E-state index in [-0.39, 0.29) is 16.6 Å². The third-order valence-electron chi connectivity index (χ3n) is 5.13. The van der Waals surface area contributed by atoms with Gasteiger partial charge >= 0.3 is 0 Å². The molecular formula is C22H22N4O6S. The van der Waals surface area contributed by atoms with E-state index in [9.17, 15) is 18.0 Å². The number of benzene rings is 2. The van der Waals surface area contributed by atoms with Gasteiger partial charge in [0.15, 0.2) is 11.9 Å². The third kappa shape index (κ3) is 4.59. The molecule has 0 fully saturated rings. The number of hydrogen-bond donors (Lipinski definition) is 2. The maximum absolute atomic E-state index is 13.2. The average molecular weight is 471 g/mol. The van der Waals surface area contributed by atoms with Crippen molar-refractivity contribution in [3.8, 4) is 17.1 Å². The minimum Gasteiger partial charge on any atom is -0.479 e. The summed E-state index contributed by atoms with van der Waals surface area (Å²) in [6.07, 6.45) is 0.773. The second-order valence-corrected chi connectivity index (χ2v) is 9.64. The molecule has 1 aromatic heterocycles. The first-order chi connectivity index (χ1) is 15.6. The van der Waals surface area contributed by atoms with Crippen molar-refractivity contribution in [2.45, 2.75) is 24.8 Å². The average Bonchev–Trinajstić information content (AvgIpc) is 3.29. The van der Waals surface area contributed by atoms with Crippen LogP contribution in [0, 0.1) is 6.92 Å². The summed E-state index contributed by atoms with van der Waals surface area (Å²) in [6, 6.07) is 11.5. The van der Waals surface area contributed by atoms with E-state index < -0.39 is 28.6 Å². The molecule has 0 radical (unpaired) electrons. The molecule has 33 heavy (non-hydrogen) atoms. The molecule has 2 amide bonds. The monoisotopic (exact) mass is 470 g/mol. The molecule has 0 bridgehead atoms. The first-order valence-corrected chi connectivity index (χ1v) is 11.5. The summed E-state index contributed by atoms with van der Waals surface area (Å²) in [5.41, 5.74) is 2.03. The van der Waals surface area contributed by atoms with E-state index in [0.29, 0.717) is 22.7 Å². The lowest BCUT2D eigenvalue weighted by atomic mass is 10.1. The Bertz CT molecular complexity index is 1320. The Hall–Kier alpha value is -3.70. The van der Waals surface area contributed by atoms with Crippen LogP contribution < -0.4 is 15.4 Å². The predicted molar refractivity (Wildman–Crippen MR) is 120 cm³/mol. The van der Waals surface area contributed by atoms with E-state index in [2.05, 4.69) is 15.8 Å². The number of carbonyl (C=O) groups excluding carboxylic acids is 2. The number of fused-ring (bicyclic) bond motifs is 1. The van der Waals surface area contributed by atoms with Gasteiger partial charge in [0.1, 0.15) is 5.75 Å². The molecule has 3 aromatic rings. The largest absolute Gasteiger partial charge is 0.479 e. The maximum Gasteiger partial charge on any atom is 0.265 e. The van der Waals surface area contributed by atoms with Crippen LogP contribution in [-0.4, -0.2) is 49.4 Å². The molecule has 4 rings (SSSR count). The lowest BCUT2D eigenvalue weighted by molar-refractivity contribution is -0.122. The molecule has 0 spiro atoms. The Morgan fingerprint density at radius 3 is 2.76 bits per heavy atom. The van der Waals surface area contributed by atoms with Gasteiger partial charge in [-0.3, -0.25) is 9.59 Å². The molecular weight excluding hydrogens is 448 g/mol. The first kappa shape index (κ1) is 22.5. The van der Waals surface area contributed by atoms with Crippen molar-refractivity contribution in [1.29, 1.82) is 0 Å². The second-order valence-electron chi connectivity index (χ2n) is 7.63. The van der Waals surface area contributed by atoms with E-state index in [0.717, 1.165) is 9.87 Å². The highest BCUT2D eigenvalue weighted by atomic mass is 32.2. The molecule has 11 heteroatoms. The molecule has 2 N–H and O–H groups in total.